The number of nitrogen functional groups attached to an aromatic ring is 1. The molecule has 3 nitrogen and oxygen atoms in total. The lowest BCUT2D eigenvalue weighted by Gasteiger charge is -2.10. The molecule has 18 heavy (non-hydrogen) atoms. The second-order valence-corrected chi connectivity index (χ2v) is 4.97. The number of nitrogens with one attached hydrogen (secondary N) is 1. The second kappa shape index (κ2) is 5.11. The third-order valence-corrected chi connectivity index (χ3v) is 2.97. The average Bonchev–Trinajstić information content (AvgIpc) is 2.27. The number of benzene rings is 2. The van der Waals surface area contributed by atoms with Crippen molar-refractivity contribution in [2.75, 3.05) is 11.1 Å². The van der Waals surface area contributed by atoms with Crippen LogP contribution in [0.2, 0.25) is 0 Å². The molecule has 0 amide bonds. The maximum absolute atomic E-state index is 9.07. The molecular weight excluding hydrogens is 290 g/mol. The summed E-state index contributed by atoms with van der Waals surface area (Å²) in [4.78, 5) is 0. The number of hydrogen-bond donors (Lipinski definition) is 2. The van der Waals surface area contributed by atoms with E-state index >= 15 is 0 Å². The van der Waals surface area contributed by atoms with Crippen LogP contribution in [0.15, 0.2) is 40.9 Å². The fourth-order valence-electron chi connectivity index (χ4n) is 1.76. The summed E-state index contributed by atoms with van der Waals surface area (Å²) < 4.78 is 0.921. The van der Waals surface area contributed by atoms with Gasteiger partial charge in [0.1, 0.15) is 6.07 Å². The third kappa shape index (κ3) is 2.82. The normalized spacial score (nSPS) is 9.83. The van der Waals surface area contributed by atoms with Crippen molar-refractivity contribution in [1.82, 2.24) is 0 Å². The van der Waals surface area contributed by atoms with Crippen molar-refractivity contribution in [3.63, 3.8) is 0 Å². The first-order valence-electron chi connectivity index (χ1n) is 5.42. The monoisotopic (exact) mass is 301 g/mol. The fraction of sp³-hybridized carbons (Fsp3) is 0.0714. The lowest BCUT2D eigenvalue weighted by molar-refractivity contribution is 1.43. The summed E-state index contributed by atoms with van der Waals surface area (Å²) >= 11 is 3.39. The van der Waals surface area contributed by atoms with E-state index in [1.165, 1.54) is 0 Å². The Labute approximate surface area is 114 Å². The van der Waals surface area contributed by atoms with Gasteiger partial charge in [0.15, 0.2) is 0 Å². The standard InChI is InChI=1S/C14H12BrN3/c1-9-4-12(17)7-13(5-9)18-14-6-11(15)3-2-10(14)8-16/h2-7,18H,17H2,1H3. The summed E-state index contributed by atoms with van der Waals surface area (Å²) in [6, 6.07) is 13.4. The van der Waals surface area contributed by atoms with Gasteiger partial charge in [-0.3, -0.25) is 0 Å². The Hall–Kier alpha value is -1.99. The highest BCUT2D eigenvalue weighted by molar-refractivity contribution is 9.10. The van der Waals surface area contributed by atoms with Crippen molar-refractivity contribution in [3.05, 3.63) is 52.0 Å². The number of aryl methyl sites for hydroxylation is 1. The van der Waals surface area contributed by atoms with Crippen LogP contribution in [0.3, 0.4) is 0 Å². The van der Waals surface area contributed by atoms with E-state index in [0.29, 0.717) is 11.3 Å². The number of hydrogen-bond acceptors (Lipinski definition) is 3. The number of nitrogens with two attached hydrogens (primary N) is 1. The van der Waals surface area contributed by atoms with Crippen LogP contribution in [0.1, 0.15) is 11.1 Å². The molecule has 0 atom stereocenters. The highest BCUT2D eigenvalue weighted by atomic mass is 79.9. The molecule has 2 aromatic rings. The number of anilines is 3. The van der Waals surface area contributed by atoms with Gasteiger partial charge in [0.2, 0.25) is 0 Å². The predicted molar refractivity (Wildman–Crippen MR) is 77.7 cm³/mol. The van der Waals surface area contributed by atoms with Crippen molar-refractivity contribution in [3.8, 4) is 6.07 Å². The molecular formula is C14H12BrN3. The SMILES string of the molecule is Cc1cc(N)cc(Nc2cc(Br)ccc2C#N)c1. The van der Waals surface area contributed by atoms with E-state index in [9.17, 15) is 0 Å². The molecule has 0 saturated carbocycles. The molecule has 0 heterocycles. The van der Waals surface area contributed by atoms with Crippen LogP contribution >= 0.6 is 15.9 Å². The molecule has 0 fully saturated rings. The molecule has 0 aliphatic rings. The molecule has 0 spiro atoms. The summed E-state index contributed by atoms with van der Waals surface area (Å²) in [7, 11) is 0. The van der Waals surface area contributed by atoms with Crippen molar-refractivity contribution in [2.45, 2.75) is 6.92 Å². The van der Waals surface area contributed by atoms with Crippen LogP contribution < -0.4 is 11.1 Å². The summed E-state index contributed by atoms with van der Waals surface area (Å²) in [5.41, 5.74) is 9.81. The van der Waals surface area contributed by atoms with Gasteiger partial charge in [-0.15, -0.1) is 0 Å². The Morgan fingerprint density at radius 2 is 2.00 bits per heavy atom. The van der Waals surface area contributed by atoms with Crippen molar-refractivity contribution < 1.29 is 0 Å². The zero-order valence-electron chi connectivity index (χ0n) is 9.87. The molecule has 0 aliphatic heterocycles. The van der Waals surface area contributed by atoms with Gasteiger partial charge in [-0.25, -0.2) is 0 Å². The van der Waals surface area contributed by atoms with E-state index in [0.717, 1.165) is 21.4 Å². The van der Waals surface area contributed by atoms with Gasteiger partial charge in [-0.05, 0) is 48.9 Å². The minimum absolute atomic E-state index is 0.596. The Morgan fingerprint density at radius 1 is 1.22 bits per heavy atom. The quantitative estimate of drug-likeness (QED) is 0.826. The average molecular weight is 302 g/mol. The van der Waals surface area contributed by atoms with Gasteiger partial charge in [0, 0.05) is 15.8 Å². The van der Waals surface area contributed by atoms with Crippen LogP contribution in [0.25, 0.3) is 0 Å². The maximum Gasteiger partial charge on any atom is 0.101 e. The number of rotatable bonds is 2. The van der Waals surface area contributed by atoms with Gasteiger partial charge in [0.25, 0.3) is 0 Å². The highest BCUT2D eigenvalue weighted by Crippen LogP contribution is 2.26. The van der Waals surface area contributed by atoms with Crippen molar-refractivity contribution in [2.24, 2.45) is 0 Å². The molecule has 3 N–H and O–H groups in total. The number of halogens is 1. The molecule has 0 radical (unpaired) electrons. The molecule has 0 saturated heterocycles. The van der Waals surface area contributed by atoms with E-state index in [1.54, 1.807) is 6.07 Å². The molecule has 2 aromatic carbocycles. The number of nitrogens with zero attached hydrogens (tertiary/aromatic N) is 1. The third-order valence-electron chi connectivity index (χ3n) is 2.48. The van der Waals surface area contributed by atoms with E-state index in [-0.39, 0.29) is 0 Å². The molecule has 0 aliphatic carbocycles. The largest absolute Gasteiger partial charge is 0.399 e. The summed E-state index contributed by atoms with van der Waals surface area (Å²) in [5, 5.41) is 12.3. The van der Waals surface area contributed by atoms with Crippen LogP contribution in [-0.4, -0.2) is 0 Å². The summed E-state index contributed by atoms with van der Waals surface area (Å²) in [5.74, 6) is 0. The van der Waals surface area contributed by atoms with Crippen LogP contribution in [-0.2, 0) is 0 Å². The first kappa shape index (κ1) is 12.5. The molecule has 0 aromatic heterocycles. The Bertz CT molecular complexity index is 609. The molecule has 2 rings (SSSR count). The van der Waals surface area contributed by atoms with E-state index in [2.05, 4.69) is 27.3 Å². The molecule has 0 unspecified atom stereocenters. The van der Waals surface area contributed by atoms with Crippen LogP contribution in [0.5, 0.6) is 0 Å². The summed E-state index contributed by atoms with van der Waals surface area (Å²) in [6.45, 7) is 1.98. The smallest absolute Gasteiger partial charge is 0.101 e. The summed E-state index contributed by atoms with van der Waals surface area (Å²) in [6.07, 6.45) is 0. The Kier molecular flexibility index (Phi) is 3.54. The van der Waals surface area contributed by atoms with E-state index < -0.39 is 0 Å². The minimum atomic E-state index is 0.596. The maximum atomic E-state index is 9.07. The van der Waals surface area contributed by atoms with Gasteiger partial charge < -0.3 is 11.1 Å². The van der Waals surface area contributed by atoms with Gasteiger partial charge in [-0.2, -0.15) is 5.26 Å². The Morgan fingerprint density at radius 3 is 2.67 bits per heavy atom. The molecule has 90 valence electrons. The first-order valence-corrected chi connectivity index (χ1v) is 6.21. The van der Waals surface area contributed by atoms with E-state index in [1.807, 2.05) is 37.3 Å². The van der Waals surface area contributed by atoms with Crippen LogP contribution in [0.4, 0.5) is 17.1 Å². The highest BCUT2D eigenvalue weighted by Gasteiger charge is 2.04. The lowest BCUT2D eigenvalue weighted by Crippen LogP contribution is -1.96. The van der Waals surface area contributed by atoms with Crippen molar-refractivity contribution >= 4 is 33.0 Å². The molecule has 0 bridgehead atoms. The van der Waals surface area contributed by atoms with E-state index in [4.69, 9.17) is 11.0 Å². The first-order chi connectivity index (χ1) is 8.58. The van der Waals surface area contributed by atoms with Crippen LogP contribution in [0, 0.1) is 18.3 Å². The predicted octanol–water partition coefficient (Wildman–Crippen LogP) is 3.96. The molecule has 4 heteroatoms. The van der Waals surface area contributed by atoms with Gasteiger partial charge in [0.05, 0.1) is 11.3 Å². The lowest BCUT2D eigenvalue weighted by atomic mass is 10.1. The second-order valence-electron chi connectivity index (χ2n) is 4.06. The Balaban J connectivity index is 2.39. The number of nitriles is 1. The topological polar surface area (TPSA) is 61.8 Å². The fourth-order valence-corrected chi connectivity index (χ4v) is 2.12. The zero-order chi connectivity index (χ0) is 13.1. The zero-order valence-corrected chi connectivity index (χ0v) is 11.5. The van der Waals surface area contributed by atoms with Gasteiger partial charge >= 0.3 is 0 Å². The van der Waals surface area contributed by atoms with Gasteiger partial charge in [-0.1, -0.05) is 15.9 Å². The van der Waals surface area contributed by atoms with Crippen molar-refractivity contribution in [1.29, 1.82) is 5.26 Å². The minimum Gasteiger partial charge on any atom is -0.399 e.